The molecular weight excluding hydrogens is 384 g/mol. The maximum absolute atomic E-state index is 12.6. The summed E-state index contributed by atoms with van der Waals surface area (Å²) < 4.78 is 27.0. The molecule has 0 fully saturated rings. The fraction of sp³-hybridized carbons (Fsp3) is 0.174. The zero-order valence-electron chi connectivity index (χ0n) is 16.3. The molecule has 4 rings (SSSR count). The van der Waals surface area contributed by atoms with Crippen molar-refractivity contribution in [1.29, 1.82) is 0 Å². The number of benzene rings is 3. The van der Waals surface area contributed by atoms with Crippen molar-refractivity contribution in [3.63, 3.8) is 0 Å². The van der Waals surface area contributed by atoms with E-state index in [1.807, 2.05) is 30.3 Å². The molecular formula is C23H22N2O3S. The van der Waals surface area contributed by atoms with Crippen LogP contribution in [-0.4, -0.2) is 20.4 Å². The molecule has 2 N–H and O–H groups in total. The fourth-order valence-electron chi connectivity index (χ4n) is 3.57. The summed E-state index contributed by atoms with van der Waals surface area (Å²) in [5, 5.41) is 2.91. The van der Waals surface area contributed by atoms with Gasteiger partial charge in [-0.3, -0.25) is 4.79 Å². The van der Waals surface area contributed by atoms with Gasteiger partial charge >= 0.3 is 0 Å². The van der Waals surface area contributed by atoms with E-state index in [0.29, 0.717) is 11.3 Å². The highest BCUT2D eigenvalue weighted by Gasteiger charge is 2.19. The molecule has 0 atom stereocenters. The highest BCUT2D eigenvalue weighted by molar-refractivity contribution is 7.89. The lowest BCUT2D eigenvalue weighted by molar-refractivity contribution is 0.102. The molecule has 1 amide bonds. The third-order valence-electron chi connectivity index (χ3n) is 4.87. The molecule has 0 unspecified atom stereocenters. The molecule has 1 aliphatic rings. The van der Waals surface area contributed by atoms with Crippen LogP contribution < -0.4 is 10.0 Å². The lowest BCUT2D eigenvalue weighted by Gasteiger charge is -2.11. The van der Waals surface area contributed by atoms with Crippen molar-refractivity contribution in [3.8, 4) is 11.1 Å². The smallest absolute Gasteiger partial charge is 0.255 e. The molecule has 0 spiro atoms. The summed E-state index contributed by atoms with van der Waals surface area (Å²) in [7, 11) is -3.58. The minimum Gasteiger partial charge on any atom is -0.322 e. The minimum absolute atomic E-state index is 0.136. The predicted octanol–water partition coefficient (Wildman–Crippen LogP) is 4.20. The van der Waals surface area contributed by atoms with Crippen molar-refractivity contribution in [2.24, 2.45) is 0 Å². The molecule has 0 aromatic heterocycles. The van der Waals surface area contributed by atoms with Gasteiger partial charge in [0.15, 0.2) is 0 Å². The molecule has 0 aliphatic heterocycles. The third kappa shape index (κ3) is 3.95. The van der Waals surface area contributed by atoms with Gasteiger partial charge in [0.25, 0.3) is 5.91 Å². The Morgan fingerprint density at radius 1 is 0.897 bits per heavy atom. The average Bonchev–Trinajstić information content (AvgIpc) is 3.05. The Hall–Kier alpha value is -2.96. The third-order valence-corrected chi connectivity index (χ3v) is 6.55. The van der Waals surface area contributed by atoms with Crippen LogP contribution in [0.1, 0.15) is 35.3 Å². The largest absolute Gasteiger partial charge is 0.322 e. The van der Waals surface area contributed by atoms with E-state index in [1.165, 1.54) is 41.0 Å². The van der Waals surface area contributed by atoms with E-state index in [0.717, 1.165) is 12.0 Å². The molecule has 1 aliphatic carbocycles. The summed E-state index contributed by atoms with van der Waals surface area (Å²) in [6, 6.07) is 19.9. The van der Waals surface area contributed by atoms with Crippen LogP contribution in [0.15, 0.2) is 71.6 Å². The summed E-state index contributed by atoms with van der Waals surface area (Å²) >= 11 is 0. The number of carbonyl (C=O) groups is 1. The van der Waals surface area contributed by atoms with Crippen molar-refractivity contribution in [2.75, 3.05) is 5.32 Å². The second-order valence-corrected chi connectivity index (χ2v) is 9.17. The molecule has 5 nitrogen and oxygen atoms in total. The number of nitrogens with one attached hydrogen (secondary N) is 2. The molecule has 148 valence electrons. The highest BCUT2D eigenvalue weighted by Crippen LogP contribution is 2.37. The zero-order valence-corrected chi connectivity index (χ0v) is 17.1. The second-order valence-electron chi connectivity index (χ2n) is 7.46. The average molecular weight is 407 g/mol. The van der Waals surface area contributed by atoms with Gasteiger partial charge in [0, 0.05) is 17.3 Å². The number of amides is 1. The normalized spacial score (nSPS) is 12.5. The van der Waals surface area contributed by atoms with Crippen LogP contribution in [0.3, 0.4) is 0 Å². The molecule has 0 bridgehead atoms. The van der Waals surface area contributed by atoms with Crippen LogP contribution >= 0.6 is 0 Å². The van der Waals surface area contributed by atoms with Gasteiger partial charge in [-0.25, -0.2) is 13.1 Å². The van der Waals surface area contributed by atoms with Gasteiger partial charge in [-0.2, -0.15) is 0 Å². The van der Waals surface area contributed by atoms with E-state index in [4.69, 9.17) is 0 Å². The second kappa shape index (κ2) is 7.46. The SMILES string of the molecule is CC(C)NS(=O)(=O)c1ccc(C(=O)Nc2ccc3c(c2)-c2ccccc2C3)cc1. The first-order valence-corrected chi connectivity index (χ1v) is 11.0. The Morgan fingerprint density at radius 2 is 1.59 bits per heavy atom. The summed E-state index contributed by atoms with van der Waals surface area (Å²) in [6.07, 6.45) is 0.903. The predicted molar refractivity (Wildman–Crippen MR) is 115 cm³/mol. The van der Waals surface area contributed by atoms with E-state index < -0.39 is 10.0 Å². The van der Waals surface area contributed by atoms with Gasteiger partial charge in [0.1, 0.15) is 0 Å². The van der Waals surface area contributed by atoms with Gasteiger partial charge in [0.2, 0.25) is 10.0 Å². The lowest BCUT2D eigenvalue weighted by Crippen LogP contribution is -2.30. The fourth-order valence-corrected chi connectivity index (χ4v) is 4.82. The van der Waals surface area contributed by atoms with Crippen molar-refractivity contribution in [1.82, 2.24) is 4.72 Å². The number of fused-ring (bicyclic) bond motifs is 3. The van der Waals surface area contributed by atoms with Crippen LogP contribution in [0.2, 0.25) is 0 Å². The van der Waals surface area contributed by atoms with Crippen LogP contribution in [0, 0.1) is 0 Å². The van der Waals surface area contributed by atoms with Crippen molar-refractivity contribution in [3.05, 3.63) is 83.4 Å². The molecule has 3 aromatic carbocycles. The number of rotatable bonds is 5. The number of hydrogen-bond acceptors (Lipinski definition) is 3. The van der Waals surface area contributed by atoms with Crippen molar-refractivity contribution < 1.29 is 13.2 Å². The van der Waals surface area contributed by atoms with Crippen LogP contribution in [-0.2, 0) is 16.4 Å². The monoisotopic (exact) mass is 406 g/mol. The van der Waals surface area contributed by atoms with Gasteiger partial charge < -0.3 is 5.32 Å². The van der Waals surface area contributed by atoms with E-state index in [9.17, 15) is 13.2 Å². The van der Waals surface area contributed by atoms with E-state index in [-0.39, 0.29) is 16.8 Å². The first kappa shape index (κ1) is 19.4. The van der Waals surface area contributed by atoms with Crippen LogP contribution in [0.4, 0.5) is 5.69 Å². The Morgan fingerprint density at radius 3 is 2.31 bits per heavy atom. The van der Waals surface area contributed by atoms with Crippen LogP contribution in [0.5, 0.6) is 0 Å². The summed E-state index contributed by atoms with van der Waals surface area (Å²) in [5.74, 6) is -0.281. The van der Waals surface area contributed by atoms with E-state index in [1.54, 1.807) is 13.8 Å². The summed E-state index contributed by atoms with van der Waals surface area (Å²) in [6.45, 7) is 3.52. The Bertz CT molecular complexity index is 1180. The maximum Gasteiger partial charge on any atom is 0.255 e. The van der Waals surface area contributed by atoms with Gasteiger partial charge in [0.05, 0.1) is 4.90 Å². The first-order valence-electron chi connectivity index (χ1n) is 9.48. The van der Waals surface area contributed by atoms with Crippen molar-refractivity contribution >= 4 is 21.6 Å². The topological polar surface area (TPSA) is 75.3 Å². The van der Waals surface area contributed by atoms with E-state index in [2.05, 4.69) is 22.2 Å². The van der Waals surface area contributed by atoms with Crippen molar-refractivity contribution in [2.45, 2.75) is 31.2 Å². The lowest BCUT2D eigenvalue weighted by atomic mass is 10.1. The Kier molecular flexibility index (Phi) is 4.98. The van der Waals surface area contributed by atoms with Gasteiger partial charge in [-0.15, -0.1) is 0 Å². The number of sulfonamides is 1. The number of hydrogen-bond donors (Lipinski definition) is 2. The molecule has 29 heavy (non-hydrogen) atoms. The molecule has 0 radical (unpaired) electrons. The summed E-state index contributed by atoms with van der Waals surface area (Å²) in [4.78, 5) is 12.8. The highest BCUT2D eigenvalue weighted by atomic mass is 32.2. The maximum atomic E-state index is 12.6. The number of anilines is 1. The Balaban J connectivity index is 1.53. The quantitative estimate of drug-likeness (QED) is 0.522. The first-order chi connectivity index (χ1) is 13.8. The molecule has 0 heterocycles. The standard InChI is InChI=1S/C23H22N2O3S/c1-15(2)25-29(27,28)20-11-8-16(9-12-20)23(26)24-19-10-7-18-13-17-5-3-4-6-21(17)22(18)14-19/h3-12,14-15,25H,13H2,1-2H3,(H,24,26). The zero-order chi connectivity index (χ0) is 20.6. The Labute approximate surface area is 170 Å². The molecule has 0 saturated heterocycles. The molecule has 3 aromatic rings. The molecule has 0 saturated carbocycles. The summed E-state index contributed by atoms with van der Waals surface area (Å²) in [5.41, 5.74) is 5.98. The molecule has 6 heteroatoms. The van der Waals surface area contributed by atoms with Gasteiger partial charge in [-0.05, 0) is 78.9 Å². The minimum atomic E-state index is -3.58. The van der Waals surface area contributed by atoms with Crippen LogP contribution in [0.25, 0.3) is 11.1 Å². The van der Waals surface area contributed by atoms with E-state index >= 15 is 0 Å². The number of carbonyl (C=O) groups excluding carboxylic acids is 1. The van der Waals surface area contributed by atoms with Gasteiger partial charge in [-0.1, -0.05) is 30.3 Å².